The van der Waals surface area contributed by atoms with E-state index in [9.17, 15) is 18.5 Å². The van der Waals surface area contributed by atoms with Crippen LogP contribution in [-0.4, -0.2) is 23.5 Å². The normalized spacial score (nSPS) is 11.2. The van der Waals surface area contributed by atoms with Crippen molar-refractivity contribution in [3.05, 3.63) is 64.2 Å². The summed E-state index contributed by atoms with van der Waals surface area (Å²) in [5.74, 6) is 0. The van der Waals surface area contributed by atoms with Crippen LogP contribution in [0.15, 0.2) is 53.4 Å². The summed E-state index contributed by atoms with van der Waals surface area (Å²) in [6, 6.07) is 12.9. The number of nitro groups is 1. The lowest BCUT2D eigenvalue weighted by molar-refractivity contribution is -0.385. The average Bonchev–Trinajstić information content (AvgIpc) is 3.03. The van der Waals surface area contributed by atoms with E-state index in [1.54, 1.807) is 6.92 Å². The zero-order valence-corrected chi connectivity index (χ0v) is 14.5. The highest BCUT2D eigenvalue weighted by molar-refractivity contribution is 7.93. The van der Waals surface area contributed by atoms with Gasteiger partial charge in [0.1, 0.15) is 5.01 Å². The number of aromatic nitrogens is 2. The number of aryl methyl sites for hydroxylation is 1. The van der Waals surface area contributed by atoms with Gasteiger partial charge in [0.05, 0.1) is 9.82 Å². The molecule has 0 saturated heterocycles. The third-order valence-electron chi connectivity index (χ3n) is 3.36. The Morgan fingerprint density at radius 3 is 2.52 bits per heavy atom. The van der Waals surface area contributed by atoms with Crippen molar-refractivity contribution < 1.29 is 13.3 Å². The molecule has 10 heteroatoms. The van der Waals surface area contributed by atoms with Crippen LogP contribution < -0.4 is 4.72 Å². The smallest absolute Gasteiger partial charge is 0.258 e. The fourth-order valence-corrected chi connectivity index (χ4v) is 4.09. The van der Waals surface area contributed by atoms with E-state index in [1.807, 2.05) is 30.3 Å². The molecule has 25 heavy (non-hydrogen) atoms. The standard InChI is InChI=1S/C15H12N4O4S2/c1-10-7-8-12(9-13(10)19(20)21)25(22,23)18-15-17-16-14(24-15)11-5-3-2-4-6-11/h2-9H,1H3,(H,17,18). The Hall–Kier alpha value is -2.85. The summed E-state index contributed by atoms with van der Waals surface area (Å²) in [7, 11) is -4.00. The number of nitro benzene ring substituents is 1. The fourth-order valence-electron chi connectivity index (χ4n) is 2.09. The molecule has 0 radical (unpaired) electrons. The molecule has 0 spiro atoms. The molecule has 3 rings (SSSR count). The summed E-state index contributed by atoms with van der Waals surface area (Å²) in [5, 5.41) is 19.4. The lowest BCUT2D eigenvalue weighted by atomic mass is 10.2. The Balaban J connectivity index is 1.89. The molecule has 0 atom stereocenters. The van der Waals surface area contributed by atoms with Crippen LogP contribution in [0.5, 0.6) is 0 Å². The van der Waals surface area contributed by atoms with Gasteiger partial charge in [-0.25, -0.2) is 8.42 Å². The van der Waals surface area contributed by atoms with E-state index in [-0.39, 0.29) is 15.7 Å². The van der Waals surface area contributed by atoms with Gasteiger partial charge in [0.2, 0.25) is 5.13 Å². The van der Waals surface area contributed by atoms with Gasteiger partial charge in [0.25, 0.3) is 15.7 Å². The van der Waals surface area contributed by atoms with Crippen LogP contribution in [-0.2, 0) is 10.0 Å². The number of sulfonamides is 1. The van der Waals surface area contributed by atoms with Gasteiger partial charge in [0.15, 0.2) is 0 Å². The molecule has 0 aliphatic rings. The van der Waals surface area contributed by atoms with Crippen LogP contribution >= 0.6 is 11.3 Å². The molecule has 0 aliphatic heterocycles. The molecular weight excluding hydrogens is 364 g/mol. The highest BCUT2D eigenvalue weighted by Crippen LogP contribution is 2.28. The van der Waals surface area contributed by atoms with Crippen molar-refractivity contribution in [3.8, 4) is 10.6 Å². The first-order valence-corrected chi connectivity index (χ1v) is 9.33. The third-order valence-corrected chi connectivity index (χ3v) is 5.71. The van der Waals surface area contributed by atoms with E-state index in [2.05, 4.69) is 14.9 Å². The molecule has 3 aromatic rings. The predicted molar refractivity (Wildman–Crippen MR) is 94.0 cm³/mol. The molecular formula is C15H12N4O4S2. The first kappa shape index (κ1) is 17.0. The summed E-state index contributed by atoms with van der Waals surface area (Å²) >= 11 is 1.07. The summed E-state index contributed by atoms with van der Waals surface area (Å²) in [5.41, 5.74) is 0.938. The Morgan fingerprint density at radius 1 is 1.12 bits per heavy atom. The van der Waals surface area contributed by atoms with Crippen LogP contribution in [0.2, 0.25) is 0 Å². The van der Waals surface area contributed by atoms with Gasteiger partial charge < -0.3 is 0 Å². The van der Waals surface area contributed by atoms with E-state index in [1.165, 1.54) is 12.1 Å². The number of anilines is 1. The van der Waals surface area contributed by atoms with Crippen molar-refractivity contribution in [2.75, 3.05) is 4.72 Å². The monoisotopic (exact) mass is 376 g/mol. The number of nitrogens with one attached hydrogen (secondary N) is 1. The molecule has 128 valence electrons. The predicted octanol–water partition coefficient (Wildman–Crippen LogP) is 3.22. The molecule has 1 N–H and O–H groups in total. The van der Waals surface area contributed by atoms with Crippen molar-refractivity contribution in [3.63, 3.8) is 0 Å². The highest BCUT2D eigenvalue weighted by Gasteiger charge is 2.21. The molecule has 2 aromatic carbocycles. The molecule has 0 saturated carbocycles. The maximum atomic E-state index is 12.4. The van der Waals surface area contributed by atoms with Crippen molar-refractivity contribution in [1.29, 1.82) is 0 Å². The molecule has 0 unspecified atom stereocenters. The van der Waals surface area contributed by atoms with Crippen LogP contribution in [0.3, 0.4) is 0 Å². The van der Waals surface area contributed by atoms with Gasteiger partial charge in [-0.1, -0.05) is 47.7 Å². The SMILES string of the molecule is Cc1ccc(S(=O)(=O)Nc2nnc(-c3ccccc3)s2)cc1[N+](=O)[O-]. The Kier molecular flexibility index (Phi) is 4.47. The lowest BCUT2D eigenvalue weighted by Crippen LogP contribution is -2.13. The van der Waals surface area contributed by atoms with E-state index < -0.39 is 14.9 Å². The lowest BCUT2D eigenvalue weighted by Gasteiger charge is -2.05. The molecule has 0 bridgehead atoms. The summed E-state index contributed by atoms with van der Waals surface area (Å²) < 4.78 is 27.2. The number of hydrogen-bond donors (Lipinski definition) is 1. The zero-order valence-electron chi connectivity index (χ0n) is 12.9. The van der Waals surface area contributed by atoms with Gasteiger partial charge in [-0.2, -0.15) is 0 Å². The molecule has 0 fully saturated rings. The minimum absolute atomic E-state index is 0.0853. The second kappa shape index (κ2) is 6.57. The van der Waals surface area contributed by atoms with E-state index in [0.29, 0.717) is 10.6 Å². The summed E-state index contributed by atoms with van der Waals surface area (Å²) in [6.07, 6.45) is 0. The first-order chi connectivity index (χ1) is 11.9. The van der Waals surface area contributed by atoms with E-state index in [0.717, 1.165) is 23.0 Å². The second-order valence-electron chi connectivity index (χ2n) is 5.09. The number of hydrogen-bond acceptors (Lipinski definition) is 7. The Morgan fingerprint density at radius 2 is 1.84 bits per heavy atom. The largest absolute Gasteiger partial charge is 0.273 e. The summed E-state index contributed by atoms with van der Waals surface area (Å²) in [4.78, 5) is 10.2. The van der Waals surface area contributed by atoms with Crippen LogP contribution in [0.25, 0.3) is 10.6 Å². The van der Waals surface area contributed by atoms with Gasteiger partial charge in [-0.05, 0) is 13.0 Å². The van der Waals surface area contributed by atoms with Gasteiger partial charge in [-0.3, -0.25) is 14.8 Å². The molecule has 8 nitrogen and oxygen atoms in total. The maximum Gasteiger partial charge on any atom is 0.273 e. The van der Waals surface area contributed by atoms with Gasteiger partial charge >= 0.3 is 0 Å². The Bertz CT molecular complexity index is 1030. The Labute approximate surface area is 147 Å². The number of nitrogens with zero attached hydrogens (tertiary/aromatic N) is 3. The van der Waals surface area contributed by atoms with Gasteiger partial charge in [0, 0.05) is 17.2 Å². The minimum Gasteiger partial charge on any atom is -0.258 e. The zero-order chi connectivity index (χ0) is 18.0. The van der Waals surface area contributed by atoms with Crippen LogP contribution in [0, 0.1) is 17.0 Å². The molecule has 0 amide bonds. The molecule has 0 aliphatic carbocycles. The van der Waals surface area contributed by atoms with Crippen molar-refractivity contribution in [1.82, 2.24) is 10.2 Å². The van der Waals surface area contributed by atoms with Crippen molar-refractivity contribution >= 4 is 32.2 Å². The summed E-state index contributed by atoms with van der Waals surface area (Å²) in [6.45, 7) is 1.54. The minimum atomic E-state index is -4.00. The maximum absolute atomic E-state index is 12.4. The van der Waals surface area contributed by atoms with E-state index >= 15 is 0 Å². The topological polar surface area (TPSA) is 115 Å². The second-order valence-corrected chi connectivity index (χ2v) is 7.75. The quantitative estimate of drug-likeness (QED) is 0.540. The fraction of sp³-hybridized carbons (Fsp3) is 0.0667. The highest BCUT2D eigenvalue weighted by atomic mass is 32.2. The molecule has 1 heterocycles. The number of benzene rings is 2. The third kappa shape index (κ3) is 3.64. The van der Waals surface area contributed by atoms with Gasteiger partial charge in [-0.15, -0.1) is 10.2 Å². The van der Waals surface area contributed by atoms with Crippen LogP contribution in [0.4, 0.5) is 10.8 Å². The van der Waals surface area contributed by atoms with Crippen molar-refractivity contribution in [2.24, 2.45) is 0 Å². The average molecular weight is 376 g/mol. The first-order valence-electron chi connectivity index (χ1n) is 7.03. The van der Waals surface area contributed by atoms with Crippen molar-refractivity contribution in [2.45, 2.75) is 11.8 Å². The molecule has 1 aromatic heterocycles. The van der Waals surface area contributed by atoms with Crippen LogP contribution in [0.1, 0.15) is 5.56 Å². The number of rotatable bonds is 5. The van der Waals surface area contributed by atoms with E-state index in [4.69, 9.17) is 0 Å².